The van der Waals surface area contributed by atoms with Crippen molar-refractivity contribution in [2.24, 2.45) is 35.0 Å². The van der Waals surface area contributed by atoms with Gasteiger partial charge in [-0.15, -0.1) is 0 Å². The van der Waals surface area contributed by atoms with Gasteiger partial charge in [0.25, 0.3) is 0 Å². The predicted octanol–water partition coefficient (Wildman–Crippen LogP) is -4.08. The number of hydrogen-bond donors (Lipinski definition) is 18. The first-order valence-corrected chi connectivity index (χ1v) is 41.8. The Hall–Kier alpha value is -10.1. The van der Waals surface area contributed by atoms with E-state index in [9.17, 15) is 107 Å². The molecule has 1 heterocycles. The Kier molecular flexibility index (Phi) is 50.3. The van der Waals surface area contributed by atoms with Gasteiger partial charge in [-0.2, -0.15) is 0 Å². The maximum Gasteiger partial charge on any atom is 0.407 e. The average Bonchev–Trinajstić information content (AvgIpc) is 1.53. The molecule has 124 heavy (non-hydrogen) atoms. The highest BCUT2D eigenvalue weighted by Gasteiger charge is 2.44. The van der Waals surface area contributed by atoms with Crippen molar-refractivity contribution in [3.8, 4) is 0 Å². The average molecular weight is 1770 g/mol. The number of ketones is 1. The lowest BCUT2D eigenvalue weighted by atomic mass is 9.89. The number of benzene rings is 1. The lowest BCUT2D eigenvalue weighted by Gasteiger charge is -2.41. The summed E-state index contributed by atoms with van der Waals surface area (Å²) in [6, 6.07) is 2.40. The van der Waals surface area contributed by atoms with Gasteiger partial charge in [0.15, 0.2) is 5.78 Å². The third kappa shape index (κ3) is 40.7. The number of hydrogen-bond acceptors (Lipinski definition) is 27. The summed E-state index contributed by atoms with van der Waals surface area (Å²) < 4.78 is 22.5. The molecular weight excluding hydrogens is 1630 g/mol. The molecule has 14 amide bonds. The molecule has 1 aromatic rings. The number of methoxy groups -OCH3 is 2. The number of likely N-dealkylation sites (N-methyl/N-ethyl adjacent to an activating group) is 2. The van der Waals surface area contributed by atoms with E-state index in [0.717, 1.165) is 5.56 Å². The molecule has 42 heteroatoms. The van der Waals surface area contributed by atoms with Crippen LogP contribution in [0.15, 0.2) is 30.3 Å². The summed E-state index contributed by atoms with van der Waals surface area (Å²) in [6.45, 7) is 14.4. The minimum atomic E-state index is -2.12. The molecule has 1 aromatic carbocycles. The van der Waals surface area contributed by atoms with Gasteiger partial charge >= 0.3 is 18.0 Å². The molecule has 0 spiro atoms. The zero-order valence-electron chi connectivity index (χ0n) is 74.3. The van der Waals surface area contributed by atoms with Gasteiger partial charge in [-0.1, -0.05) is 106 Å². The van der Waals surface area contributed by atoms with Crippen LogP contribution in [0.4, 0.5) is 4.79 Å². The Bertz CT molecular complexity index is 3640. The fourth-order valence-corrected chi connectivity index (χ4v) is 13.6. The number of amides is 14. The first-order chi connectivity index (χ1) is 58.2. The topological polar surface area (TPSA) is 603 Å². The van der Waals surface area contributed by atoms with Gasteiger partial charge in [-0.3, -0.25) is 72.0 Å². The molecule has 702 valence electrons. The molecule has 0 saturated carbocycles. The van der Waals surface area contributed by atoms with E-state index in [1.807, 2.05) is 81.3 Å². The number of carboxylic acid groups (broad SMARTS) is 1. The van der Waals surface area contributed by atoms with Crippen LogP contribution >= 0.6 is 0 Å². The minimum absolute atomic E-state index is 0.0295. The molecular formula is C82H137N15O27. The zero-order chi connectivity index (χ0) is 93.8. The Labute approximate surface area is 724 Å². The van der Waals surface area contributed by atoms with Crippen LogP contribution in [0.3, 0.4) is 0 Å². The first-order valence-electron chi connectivity index (χ1n) is 41.8. The Morgan fingerprint density at radius 1 is 0.589 bits per heavy atom. The number of nitrogens with zero attached hydrogens (tertiary/aromatic N) is 3. The van der Waals surface area contributed by atoms with Crippen LogP contribution in [0, 0.1) is 35.0 Å². The van der Waals surface area contributed by atoms with Crippen molar-refractivity contribution >= 4 is 101 Å². The van der Waals surface area contributed by atoms with Gasteiger partial charge in [0, 0.05) is 92.5 Å². The van der Waals surface area contributed by atoms with Gasteiger partial charge < -0.3 is 123 Å². The van der Waals surface area contributed by atoms with Crippen molar-refractivity contribution in [1.29, 1.82) is 0 Å². The van der Waals surface area contributed by atoms with Crippen LogP contribution in [-0.4, -0.2) is 339 Å². The van der Waals surface area contributed by atoms with Crippen molar-refractivity contribution in [1.82, 2.24) is 78.5 Å². The zero-order valence-corrected chi connectivity index (χ0v) is 74.3. The monoisotopic (exact) mass is 1760 g/mol. The highest BCUT2D eigenvalue weighted by molar-refractivity contribution is 5.94. The number of nitrogens with one attached hydrogen (secondary N) is 12. The maximum atomic E-state index is 14.6. The van der Waals surface area contributed by atoms with Crippen LogP contribution < -0.4 is 63.8 Å². The SMILES string of the molecule is CC[C@H](C)[C@@H]([C@@H](CC(=O)N1CCC[C@H]1[C@H](OC)[C@@H](C)C(=O)N[C@@H](Cc1ccccc1)C(=O)NCCCOC(=O)C(C)NC(=O)CCC(NC(=O)CCNC(=O)OCC(CC(=O)CNC(=O)CNC(=O)CNC(=O)CNC(=O)CCNC(=O)CC(C)(C)C)C(=O)NC[C@H](O)[C@@H](O)[C@H](O)[C@H](O)CO)C(=O)O)OC)N(C)C(=O)C(NC(=O)[C@H](C(C)C)N(C)C)C(C)C. The van der Waals surface area contributed by atoms with E-state index in [1.54, 1.807) is 54.1 Å². The summed E-state index contributed by atoms with van der Waals surface area (Å²) >= 11 is 0. The fourth-order valence-electron chi connectivity index (χ4n) is 13.6. The first kappa shape index (κ1) is 110. The normalized spacial score (nSPS) is 16.3. The summed E-state index contributed by atoms with van der Waals surface area (Å²) in [6.07, 6.45) is -11.4. The number of likely N-dealkylation sites (tertiary alicyclic amines) is 1. The lowest BCUT2D eigenvalue weighted by Crippen LogP contribution is -2.59. The Morgan fingerprint density at radius 3 is 1.73 bits per heavy atom. The number of Topliss-reactive ketones (excluding diaryl/α,β-unsaturated/α-hetero) is 1. The number of carbonyl (C=O) groups is 17. The van der Waals surface area contributed by atoms with E-state index in [4.69, 9.17) is 24.1 Å². The summed E-state index contributed by atoms with van der Waals surface area (Å²) in [7, 11) is 8.23. The molecule has 1 aliphatic rings. The molecule has 1 fully saturated rings. The van der Waals surface area contributed by atoms with Gasteiger partial charge in [0.1, 0.15) is 49.1 Å². The summed E-state index contributed by atoms with van der Waals surface area (Å²) in [5, 5.41) is 88.5. The fraction of sp³-hybridized carbons (Fsp3) is 0.720. The molecule has 18 N–H and O–H groups in total. The Morgan fingerprint density at radius 2 is 1.17 bits per heavy atom. The number of aliphatic hydroxyl groups excluding tert-OH is 5. The molecule has 0 bridgehead atoms. The molecule has 2 rings (SSSR count). The van der Waals surface area contributed by atoms with Gasteiger partial charge in [-0.05, 0) is 75.4 Å². The summed E-state index contributed by atoms with van der Waals surface area (Å²) in [5.41, 5.74) is 0.458. The highest BCUT2D eigenvalue weighted by Crippen LogP contribution is 2.30. The molecule has 0 aromatic heterocycles. The maximum absolute atomic E-state index is 14.6. The van der Waals surface area contributed by atoms with E-state index in [-0.39, 0.29) is 98.6 Å². The molecule has 1 aliphatic heterocycles. The van der Waals surface area contributed by atoms with Crippen LogP contribution in [0.5, 0.6) is 0 Å². The van der Waals surface area contributed by atoms with Gasteiger partial charge in [0.05, 0.1) is 94.1 Å². The van der Waals surface area contributed by atoms with E-state index in [1.165, 1.54) is 21.1 Å². The highest BCUT2D eigenvalue weighted by atomic mass is 16.6. The number of alkyl carbamates (subject to hydrolysis) is 1. The van der Waals surface area contributed by atoms with E-state index < -0.39 is 246 Å². The minimum Gasteiger partial charge on any atom is -0.480 e. The smallest absolute Gasteiger partial charge is 0.407 e. The van der Waals surface area contributed by atoms with Crippen molar-refractivity contribution in [2.45, 2.75) is 232 Å². The van der Waals surface area contributed by atoms with Crippen molar-refractivity contribution < 1.29 is 131 Å². The predicted molar refractivity (Wildman–Crippen MR) is 447 cm³/mol. The second-order valence-corrected chi connectivity index (χ2v) is 33.0. The summed E-state index contributed by atoms with van der Waals surface area (Å²) in [5.74, 6) is -14.4. The van der Waals surface area contributed by atoms with Crippen molar-refractivity contribution in [3.05, 3.63) is 35.9 Å². The number of aliphatic hydroxyl groups is 5. The number of carboxylic acids is 1. The molecule has 4 unspecified atom stereocenters. The summed E-state index contributed by atoms with van der Waals surface area (Å²) in [4.78, 5) is 228. The second-order valence-electron chi connectivity index (χ2n) is 33.0. The third-order valence-corrected chi connectivity index (χ3v) is 20.6. The molecule has 0 aliphatic carbocycles. The molecule has 16 atom stereocenters. The quantitative estimate of drug-likeness (QED) is 0.0218. The van der Waals surface area contributed by atoms with Crippen LogP contribution in [0.25, 0.3) is 0 Å². The third-order valence-electron chi connectivity index (χ3n) is 20.6. The standard InChI is InChI=1S/C82H137N15O27/c1-17-48(6)70(96(14)78(116)68(46(2)3)94-77(115)69(47(4)5)95(12)13)59(121-15)37-67(109)97-33-21-25-56(97)73(122-16)49(7)74(112)93-55(35-51-23-19-18-20-24-51)76(114)84-30-22-34-123-80(119)50(8)91-61(103)27-26-54(79(117)118)92-62(104)29-32-85-81(120)124-45-52(75(113)90-40-57(100)71(110)72(111)58(101)44-98)36-53(99)39-86-64(106)42-88-66(108)43-89-65(107)41-87-60(102)28-31-83-63(105)38-82(9,10)11/h18-20,23-24,46-50,52,54-59,68-73,98,100-101,110-111H,17,21-22,25-45H2,1-16H3,(H,83,105)(H,84,114)(H,85,120)(H,86,106)(H,87,102)(H,88,108)(H,89,107)(H,90,113)(H,91,103)(H,92,104)(H,93,112)(H,94,115)(H,117,118)/t48-,49+,50?,52?,54?,55-,56-,57-,58+,59+,68?,69-,70-,71+,72+,73+/m0/s1. The number of esters is 1. The van der Waals surface area contributed by atoms with Crippen LogP contribution in [0.2, 0.25) is 0 Å². The number of ether oxygens (including phenoxy) is 4. The lowest BCUT2D eigenvalue weighted by molar-refractivity contribution is -0.148. The number of rotatable bonds is 58. The van der Waals surface area contributed by atoms with Crippen LogP contribution in [0.1, 0.15) is 152 Å². The van der Waals surface area contributed by atoms with Gasteiger partial charge in [-0.25, -0.2) is 14.4 Å². The second kappa shape index (κ2) is 56.7. The number of aliphatic carboxylic acids is 1. The van der Waals surface area contributed by atoms with E-state index in [2.05, 4.69) is 63.8 Å². The van der Waals surface area contributed by atoms with E-state index in [0.29, 0.717) is 25.8 Å². The number of carbonyl (C=O) groups excluding carboxylic acids is 16. The van der Waals surface area contributed by atoms with Crippen molar-refractivity contribution in [2.75, 3.05) is 114 Å². The van der Waals surface area contributed by atoms with Gasteiger partial charge in [0.2, 0.25) is 76.8 Å². The van der Waals surface area contributed by atoms with Crippen LogP contribution in [-0.2, 0) is 102 Å². The molecule has 42 nitrogen and oxygen atoms in total. The largest absolute Gasteiger partial charge is 0.480 e. The van der Waals surface area contributed by atoms with E-state index >= 15 is 0 Å². The Balaban J connectivity index is 1.99. The molecule has 1 saturated heterocycles. The molecule has 0 radical (unpaired) electrons. The van der Waals surface area contributed by atoms with Crippen molar-refractivity contribution in [3.63, 3.8) is 0 Å².